The summed E-state index contributed by atoms with van der Waals surface area (Å²) >= 11 is 6.63. The van der Waals surface area contributed by atoms with Crippen LogP contribution in [0.5, 0.6) is 5.88 Å². The number of hydrogen-bond acceptors (Lipinski definition) is 7. The van der Waals surface area contributed by atoms with Crippen molar-refractivity contribution in [2.24, 2.45) is 0 Å². The first-order chi connectivity index (χ1) is 18.7. The molecule has 8 nitrogen and oxygen atoms in total. The van der Waals surface area contributed by atoms with Crippen LogP contribution in [0.3, 0.4) is 0 Å². The van der Waals surface area contributed by atoms with Crippen molar-refractivity contribution in [2.45, 2.75) is 57.9 Å². The lowest BCUT2D eigenvalue weighted by Crippen LogP contribution is -2.23. The minimum absolute atomic E-state index is 0.0309. The molecule has 1 saturated carbocycles. The van der Waals surface area contributed by atoms with Crippen molar-refractivity contribution in [1.29, 1.82) is 0 Å². The summed E-state index contributed by atoms with van der Waals surface area (Å²) < 4.78 is 42.7. The van der Waals surface area contributed by atoms with Crippen LogP contribution >= 0.6 is 11.6 Å². The molecule has 12 heteroatoms. The van der Waals surface area contributed by atoms with Crippen molar-refractivity contribution in [3.8, 4) is 23.0 Å². The molecule has 5 rings (SSSR count). The topological polar surface area (TPSA) is 103 Å². The Bertz CT molecular complexity index is 1650. The van der Waals surface area contributed by atoms with Gasteiger partial charge in [0, 0.05) is 30.4 Å². The normalized spacial score (nSPS) is 17.1. The van der Waals surface area contributed by atoms with Gasteiger partial charge in [-0.3, -0.25) is 14.3 Å². The third kappa shape index (κ3) is 5.57. The molecule has 0 saturated heterocycles. The molecule has 208 valence electrons. The van der Waals surface area contributed by atoms with Gasteiger partial charge < -0.3 is 9.84 Å². The Morgan fingerprint density at radius 3 is 2.42 bits per heavy atom. The highest BCUT2D eigenvalue weighted by atomic mass is 35.5. The van der Waals surface area contributed by atoms with Gasteiger partial charge in [0.2, 0.25) is 5.88 Å². The van der Waals surface area contributed by atoms with E-state index in [0.29, 0.717) is 34.8 Å². The van der Waals surface area contributed by atoms with E-state index < -0.39 is 23.4 Å². The zero-order valence-corrected chi connectivity index (χ0v) is 22.7. The van der Waals surface area contributed by atoms with E-state index >= 15 is 0 Å². The van der Waals surface area contributed by atoms with Crippen LogP contribution in [0.2, 0.25) is 5.02 Å². The van der Waals surface area contributed by atoms with Crippen LogP contribution in [0.25, 0.3) is 17.1 Å². The Balaban J connectivity index is 1.46. The molecule has 0 spiro atoms. The number of aliphatic hydroxyl groups is 1. The number of aryl methyl sites for hydroxylation is 2. The molecule has 1 fully saturated rings. The second-order valence-corrected chi connectivity index (χ2v) is 10.7. The lowest BCUT2D eigenvalue weighted by molar-refractivity contribution is -0.276. The molecule has 4 heterocycles. The van der Waals surface area contributed by atoms with Crippen LogP contribution in [-0.4, -0.2) is 36.0 Å². The van der Waals surface area contributed by atoms with E-state index in [1.807, 2.05) is 13.0 Å². The molecule has 0 radical (unpaired) electrons. The van der Waals surface area contributed by atoms with E-state index in [0.717, 1.165) is 11.1 Å². The Morgan fingerprint density at radius 2 is 1.77 bits per heavy atom. The molecule has 0 bridgehead atoms. The minimum Gasteiger partial charge on any atom is -0.388 e. The van der Waals surface area contributed by atoms with Gasteiger partial charge in [-0.2, -0.15) is 0 Å². The van der Waals surface area contributed by atoms with Gasteiger partial charge >= 0.3 is 6.36 Å². The Kier molecular flexibility index (Phi) is 6.91. The van der Waals surface area contributed by atoms with Crippen LogP contribution in [-0.2, 0) is 5.60 Å². The molecule has 4 aromatic heterocycles. The van der Waals surface area contributed by atoms with Gasteiger partial charge in [0.05, 0.1) is 17.1 Å². The molecule has 1 N–H and O–H groups in total. The molecule has 4 aromatic rings. The predicted molar refractivity (Wildman–Crippen MR) is 142 cm³/mol. The number of halogens is 4. The SMILES string of the molecule is Cc1cnc(-c2ccnc(C(C)(C)O)n2)cc1-n1c(C)cc([C@H]2C[C@@H]2c2ccc(OC(F)(F)F)nc2)c(Cl)c1=O. The number of nitrogens with zero attached hydrogens (tertiary/aromatic N) is 5. The summed E-state index contributed by atoms with van der Waals surface area (Å²) in [4.78, 5) is 30.4. The summed E-state index contributed by atoms with van der Waals surface area (Å²) in [5.74, 6) is -0.390. The highest BCUT2D eigenvalue weighted by Crippen LogP contribution is 2.55. The smallest absolute Gasteiger partial charge is 0.388 e. The molecule has 40 heavy (non-hydrogen) atoms. The molecule has 0 unspecified atom stereocenters. The van der Waals surface area contributed by atoms with Gasteiger partial charge in [-0.15, -0.1) is 13.2 Å². The Morgan fingerprint density at radius 1 is 1.02 bits per heavy atom. The fraction of sp³-hybridized carbons (Fsp3) is 0.321. The first-order valence-electron chi connectivity index (χ1n) is 12.4. The first-order valence-corrected chi connectivity index (χ1v) is 12.8. The van der Waals surface area contributed by atoms with Gasteiger partial charge in [-0.1, -0.05) is 17.7 Å². The number of aromatic nitrogens is 5. The van der Waals surface area contributed by atoms with Crippen LogP contribution in [0.15, 0.2) is 53.7 Å². The minimum atomic E-state index is -4.81. The van der Waals surface area contributed by atoms with E-state index in [1.165, 1.54) is 16.8 Å². The summed E-state index contributed by atoms with van der Waals surface area (Å²) in [5, 5.41) is 10.4. The van der Waals surface area contributed by atoms with Crippen molar-refractivity contribution >= 4 is 11.6 Å². The largest absolute Gasteiger partial charge is 0.574 e. The summed E-state index contributed by atoms with van der Waals surface area (Å²) in [6.07, 6.45) is 0.401. The van der Waals surface area contributed by atoms with Crippen LogP contribution in [0.1, 0.15) is 60.3 Å². The van der Waals surface area contributed by atoms with Gasteiger partial charge in [0.15, 0.2) is 5.82 Å². The fourth-order valence-electron chi connectivity index (χ4n) is 4.69. The number of ether oxygens (including phenoxy) is 1. The lowest BCUT2D eigenvalue weighted by Gasteiger charge is -2.17. The highest BCUT2D eigenvalue weighted by Gasteiger charge is 2.42. The maximum atomic E-state index is 13.6. The maximum Gasteiger partial charge on any atom is 0.574 e. The number of hydrogen-bond donors (Lipinski definition) is 1. The Hall–Kier alpha value is -3.83. The summed E-state index contributed by atoms with van der Waals surface area (Å²) in [6, 6.07) is 7.99. The maximum absolute atomic E-state index is 13.6. The number of rotatable bonds is 6. The molecule has 1 aliphatic rings. The average Bonchev–Trinajstić information content (AvgIpc) is 3.67. The van der Waals surface area contributed by atoms with Crippen LogP contribution in [0, 0.1) is 13.8 Å². The molecular weight excluding hydrogens is 547 g/mol. The van der Waals surface area contributed by atoms with E-state index in [-0.39, 0.29) is 22.7 Å². The molecule has 0 amide bonds. The lowest BCUT2D eigenvalue weighted by atomic mass is 10.1. The van der Waals surface area contributed by atoms with Gasteiger partial charge in [-0.05, 0) is 80.8 Å². The van der Waals surface area contributed by atoms with E-state index in [2.05, 4.69) is 24.7 Å². The van der Waals surface area contributed by atoms with E-state index in [1.54, 1.807) is 51.4 Å². The van der Waals surface area contributed by atoms with Gasteiger partial charge in [0.1, 0.15) is 10.6 Å². The van der Waals surface area contributed by atoms with Crippen molar-refractivity contribution in [3.63, 3.8) is 0 Å². The third-order valence-electron chi connectivity index (χ3n) is 6.74. The van der Waals surface area contributed by atoms with Crippen molar-refractivity contribution < 1.29 is 23.0 Å². The zero-order chi connectivity index (χ0) is 29.0. The third-order valence-corrected chi connectivity index (χ3v) is 7.12. The standard InChI is InChI=1S/C28H25ClF3N5O3/c1-14-12-34-21(20-7-8-33-26(36-20)27(3,4)39)11-22(14)37-15(2)9-19(24(29)25(37)38)18-10-17(18)16-5-6-23(35-13-16)40-28(30,31)32/h5-9,11-13,17-18,39H,10H2,1-4H3/t17-,18+/m1/s1. The number of alkyl halides is 3. The predicted octanol–water partition coefficient (Wildman–Crippen LogP) is 5.75. The van der Waals surface area contributed by atoms with Gasteiger partial charge in [-0.25, -0.2) is 15.0 Å². The molecular formula is C28H25ClF3N5O3. The summed E-state index contributed by atoms with van der Waals surface area (Å²) in [7, 11) is 0. The van der Waals surface area contributed by atoms with Crippen molar-refractivity contribution in [3.05, 3.63) is 92.5 Å². The van der Waals surface area contributed by atoms with Crippen LogP contribution in [0.4, 0.5) is 13.2 Å². The molecule has 2 atom stereocenters. The average molecular weight is 572 g/mol. The fourth-order valence-corrected chi connectivity index (χ4v) is 4.97. The van der Waals surface area contributed by atoms with Gasteiger partial charge in [0.25, 0.3) is 5.56 Å². The molecule has 0 aromatic carbocycles. The Labute approximate surface area is 232 Å². The number of pyridine rings is 3. The molecule has 1 aliphatic carbocycles. The summed E-state index contributed by atoms with van der Waals surface area (Å²) in [6.45, 7) is 6.81. The molecule has 0 aliphatic heterocycles. The highest BCUT2D eigenvalue weighted by molar-refractivity contribution is 6.31. The second kappa shape index (κ2) is 9.97. The first kappa shape index (κ1) is 27.7. The van der Waals surface area contributed by atoms with E-state index in [9.17, 15) is 23.1 Å². The summed E-state index contributed by atoms with van der Waals surface area (Å²) in [5.41, 5.74) is 2.75. The van der Waals surface area contributed by atoms with E-state index in [4.69, 9.17) is 11.6 Å². The second-order valence-electron chi connectivity index (χ2n) is 10.3. The quantitative estimate of drug-likeness (QED) is 0.314. The monoisotopic (exact) mass is 571 g/mol. The van der Waals surface area contributed by atoms with Crippen LogP contribution < -0.4 is 10.3 Å². The van der Waals surface area contributed by atoms with Crippen molar-refractivity contribution in [1.82, 2.24) is 24.5 Å². The zero-order valence-electron chi connectivity index (χ0n) is 22.0. The van der Waals surface area contributed by atoms with Crippen molar-refractivity contribution in [2.75, 3.05) is 0 Å².